The molecular formula is C14H23FN2O3S. The molecule has 0 aliphatic rings. The minimum atomic E-state index is -3.85. The summed E-state index contributed by atoms with van der Waals surface area (Å²) in [6.07, 6.45) is 0.677. The molecule has 0 unspecified atom stereocenters. The maximum atomic E-state index is 14.0. The molecule has 0 heterocycles. The molecule has 0 radical (unpaired) electrons. The SMILES string of the molecule is CCN(CCCN(C)C)S(=O)(=O)c1ccc(CO)cc1F. The zero-order valence-electron chi connectivity index (χ0n) is 12.7. The van der Waals surface area contributed by atoms with Gasteiger partial charge < -0.3 is 10.0 Å². The Balaban J connectivity index is 2.96. The Morgan fingerprint density at radius 2 is 1.90 bits per heavy atom. The first kappa shape index (κ1) is 18.0. The molecule has 0 atom stereocenters. The Labute approximate surface area is 126 Å². The molecule has 1 aromatic rings. The second-order valence-corrected chi connectivity index (χ2v) is 6.98. The first-order chi connectivity index (χ1) is 9.82. The highest BCUT2D eigenvalue weighted by Gasteiger charge is 2.26. The van der Waals surface area contributed by atoms with Gasteiger partial charge in [-0.25, -0.2) is 12.8 Å². The molecule has 0 amide bonds. The molecule has 0 saturated carbocycles. The monoisotopic (exact) mass is 318 g/mol. The van der Waals surface area contributed by atoms with Crippen molar-refractivity contribution in [1.29, 1.82) is 0 Å². The number of nitrogens with zero attached hydrogens (tertiary/aromatic N) is 2. The Morgan fingerprint density at radius 1 is 1.24 bits per heavy atom. The van der Waals surface area contributed by atoms with Gasteiger partial charge in [-0.05, 0) is 44.8 Å². The molecule has 5 nitrogen and oxygen atoms in total. The zero-order chi connectivity index (χ0) is 16.0. The van der Waals surface area contributed by atoms with Crippen LogP contribution in [0.15, 0.2) is 23.1 Å². The van der Waals surface area contributed by atoms with Crippen LogP contribution < -0.4 is 0 Å². The van der Waals surface area contributed by atoms with Crippen molar-refractivity contribution < 1.29 is 17.9 Å². The number of halogens is 1. The van der Waals surface area contributed by atoms with E-state index in [2.05, 4.69) is 0 Å². The Hall–Kier alpha value is -1.02. The third-order valence-corrected chi connectivity index (χ3v) is 5.17. The van der Waals surface area contributed by atoms with Gasteiger partial charge in [-0.3, -0.25) is 0 Å². The topological polar surface area (TPSA) is 60.9 Å². The van der Waals surface area contributed by atoms with Crippen LogP contribution in [0, 0.1) is 5.82 Å². The summed E-state index contributed by atoms with van der Waals surface area (Å²) in [7, 11) is -0.0170. The van der Waals surface area contributed by atoms with Gasteiger partial charge in [0.15, 0.2) is 0 Å². The van der Waals surface area contributed by atoms with E-state index in [0.717, 1.165) is 12.6 Å². The molecule has 0 bridgehead atoms. The predicted molar refractivity (Wildman–Crippen MR) is 79.9 cm³/mol. The van der Waals surface area contributed by atoms with Crippen LogP contribution in [0.2, 0.25) is 0 Å². The second-order valence-electron chi connectivity index (χ2n) is 5.08. The van der Waals surface area contributed by atoms with Crippen LogP contribution in [0.1, 0.15) is 18.9 Å². The van der Waals surface area contributed by atoms with Crippen molar-refractivity contribution in [1.82, 2.24) is 9.21 Å². The zero-order valence-corrected chi connectivity index (χ0v) is 13.5. The van der Waals surface area contributed by atoms with Crippen molar-refractivity contribution in [3.63, 3.8) is 0 Å². The first-order valence-corrected chi connectivity index (χ1v) is 8.31. The highest BCUT2D eigenvalue weighted by Crippen LogP contribution is 2.20. The summed E-state index contributed by atoms with van der Waals surface area (Å²) in [6.45, 7) is 2.80. The lowest BCUT2D eigenvalue weighted by Gasteiger charge is -2.21. The van der Waals surface area contributed by atoms with E-state index in [4.69, 9.17) is 5.11 Å². The Bertz CT molecular complexity index is 561. The van der Waals surface area contributed by atoms with E-state index in [-0.39, 0.29) is 18.0 Å². The van der Waals surface area contributed by atoms with Gasteiger partial charge in [0.2, 0.25) is 10.0 Å². The van der Waals surface area contributed by atoms with Gasteiger partial charge in [-0.1, -0.05) is 13.0 Å². The third-order valence-electron chi connectivity index (χ3n) is 3.16. The number of aliphatic hydroxyl groups excluding tert-OH is 1. The lowest BCUT2D eigenvalue weighted by atomic mass is 10.2. The number of aliphatic hydroxyl groups is 1. The van der Waals surface area contributed by atoms with Crippen LogP contribution in [-0.4, -0.2) is 56.5 Å². The van der Waals surface area contributed by atoms with Crippen LogP contribution >= 0.6 is 0 Å². The van der Waals surface area contributed by atoms with E-state index in [0.29, 0.717) is 18.5 Å². The summed E-state index contributed by atoms with van der Waals surface area (Å²) in [6, 6.07) is 3.69. The lowest BCUT2D eigenvalue weighted by molar-refractivity contribution is 0.281. The number of benzene rings is 1. The van der Waals surface area contributed by atoms with Gasteiger partial charge in [0.05, 0.1) is 6.61 Å². The Kier molecular flexibility index (Phi) is 6.73. The molecule has 0 spiro atoms. The molecule has 0 aromatic heterocycles. The van der Waals surface area contributed by atoms with Crippen molar-refractivity contribution in [2.75, 3.05) is 33.7 Å². The van der Waals surface area contributed by atoms with Gasteiger partial charge in [0, 0.05) is 13.1 Å². The lowest BCUT2D eigenvalue weighted by Crippen LogP contribution is -2.33. The largest absolute Gasteiger partial charge is 0.392 e. The molecule has 0 aliphatic heterocycles. The van der Waals surface area contributed by atoms with E-state index in [9.17, 15) is 12.8 Å². The molecule has 120 valence electrons. The number of hydrogen-bond acceptors (Lipinski definition) is 4. The average molecular weight is 318 g/mol. The van der Waals surface area contributed by atoms with Gasteiger partial charge in [-0.2, -0.15) is 4.31 Å². The third kappa shape index (κ3) is 4.74. The maximum absolute atomic E-state index is 14.0. The van der Waals surface area contributed by atoms with Crippen LogP contribution in [0.25, 0.3) is 0 Å². The van der Waals surface area contributed by atoms with Crippen LogP contribution in [0.3, 0.4) is 0 Å². The average Bonchev–Trinajstić information content (AvgIpc) is 2.42. The second kappa shape index (κ2) is 7.84. The summed E-state index contributed by atoms with van der Waals surface area (Å²) in [5.74, 6) is -0.826. The quantitative estimate of drug-likeness (QED) is 0.784. The molecule has 21 heavy (non-hydrogen) atoms. The van der Waals surface area contributed by atoms with E-state index >= 15 is 0 Å². The van der Waals surface area contributed by atoms with Crippen molar-refractivity contribution in [2.24, 2.45) is 0 Å². The number of sulfonamides is 1. The molecular weight excluding hydrogens is 295 g/mol. The summed E-state index contributed by atoms with van der Waals surface area (Å²) in [4.78, 5) is 1.63. The molecule has 1 rings (SSSR count). The summed E-state index contributed by atoms with van der Waals surface area (Å²) < 4.78 is 40.2. The van der Waals surface area contributed by atoms with Crippen molar-refractivity contribution in [2.45, 2.75) is 24.8 Å². The Morgan fingerprint density at radius 3 is 2.38 bits per heavy atom. The van der Waals surface area contributed by atoms with E-state index in [1.807, 2.05) is 19.0 Å². The summed E-state index contributed by atoms with van der Waals surface area (Å²) in [5.41, 5.74) is 0.349. The van der Waals surface area contributed by atoms with Gasteiger partial charge in [-0.15, -0.1) is 0 Å². The molecule has 7 heteroatoms. The fraction of sp³-hybridized carbons (Fsp3) is 0.571. The van der Waals surface area contributed by atoms with E-state index < -0.39 is 15.8 Å². The van der Waals surface area contributed by atoms with Gasteiger partial charge >= 0.3 is 0 Å². The number of hydrogen-bond donors (Lipinski definition) is 1. The fourth-order valence-corrected chi connectivity index (χ4v) is 3.54. The normalized spacial score (nSPS) is 12.3. The fourth-order valence-electron chi connectivity index (χ4n) is 2.00. The van der Waals surface area contributed by atoms with Crippen molar-refractivity contribution in [3.8, 4) is 0 Å². The van der Waals surface area contributed by atoms with E-state index in [1.165, 1.54) is 16.4 Å². The minimum Gasteiger partial charge on any atom is -0.392 e. The van der Waals surface area contributed by atoms with Crippen LogP contribution in [0.4, 0.5) is 4.39 Å². The summed E-state index contributed by atoms with van der Waals surface area (Å²) >= 11 is 0. The van der Waals surface area contributed by atoms with Crippen LogP contribution in [0.5, 0.6) is 0 Å². The van der Waals surface area contributed by atoms with Crippen LogP contribution in [-0.2, 0) is 16.6 Å². The summed E-state index contributed by atoms with van der Waals surface area (Å²) in [5, 5.41) is 8.95. The van der Waals surface area contributed by atoms with Crippen molar-refractivity contribution in [3.05, 3.63) is 29.6 Å². The molecule has 1 aromatic carbocycles. The molecule has 0 saturated heterocycles. The highest BCUT2D eigenvalue weighted by molar-refractivity contribution is 7.89. The highest BCUT2D eigenvalue weighted by atomic mass is 32.2. The molecule has 0 fully saturated rings. The van der Waals surface area contributed by atoms with Gasteiger partial charge in [0.1, 0.15) is 10.7 Å². The van der Waals surface area contributed by atoms with E-state index in [1.54, 1.807) is 6.92 Å². The standard InChI is InChI=1S/C14H23FN2O3S/c1-4-17(9-5-8-16(2)3)21(19,20)14-7-6-12(11-18)10-13(14)15/h6-7,10,18H,4-5,8-9,11H2,1-3H3. The van der Waals surface area contributed by atoms with Gasteiger partial charge in [0.25, 0.3) is 0 Å². The van der Waals surface area contributed by atoms with Crippen molar-refractivity contribution >= 4 is 10.0 Å². The predicted octanol–water partition coefficient (Wildman–Crippen LogP) is 1.28. The molecule has 1 N–H and O–H groups in total. The first-order valence-electron chi connectivity index (χ1n) is 6.87. The minimum absolute atomic E-state index is 0.289. The number of rotatable bonds is 8. The maximum Gasteiger partial charge on any atom is 0.245 e. The molecule has 0 aliphatic carbocycles. The smallest absolute Gasteiger partial charge is 0.245 e.